The van der Waals surface area contributed by atoms with Gasteiger partial charge in [0.15, 0.2) is 5.69 Å². The molecule has 0 saturated carbocycles. The highest BCUT2D eigenvalue weighted by molar-refractivity contribution is 5.86. The molecule has 0 aliphatic rings. The fourth-order valence-electron chi connectivity index (χ4n) is 0.905. The van der Waals surface area contributed by atoms with Gasteiger partial charge < -0.3 is 4.74 Å². The van der Waals surface area contributed by atoms with Gasteiger partial charge in [0.05, 0.1) is 6.61 Å². The van der Waals surface area contributed by atoms with Gasteiger partial charge in [-0.15, -0.1) is 0 Å². The van der Waals surface area contributed by atoms with Crippen LogP contribution in [0, 0.1) is 0 Å². The third-order valence-corrected chi connectivity index (χ3v) is 1.55. The molecule has 0 aliphatic carbocycles. The van der Waals surface area contributed by atoms with Crippen LogP contribution < -0.4 is 0 Å². The lowest BCUT2D eigenvalue weighted by Gasteiger charge is -2.06. The summed E-state index contributed by atoms with van der Waals surface area (Å²) in [6.07, 6.45) is -4.77. The molecule has 0 fully saturated rings. The van der Waals surface area contributed by atoms with Gasteiger partial charge in [0, 0.05) is 6.20 Å². The van der Waals surface area contributed by atoms with Crippen molar-refractivity contribution in [2.24, 2.45) is 0 Å². The number of ether oxygens (including phenoxy) is 1. The second kappa shape index (κ2) is 4.81. The Labute approximate surface area is 83.6 Å². The predicted octanol–water partition coefficient (Wildman–Crippen LogP) is 1.79. The van der Waals surface area contributed by atoms with Gasteiger partial charge in [0.1, 0.15) is 0 Å². The molecular formula is C8H9F3N2O2. The van der Waals surface area contributed by atoms with E-state index in [0.29, 0.717) is 4.68 Å². The van der Waals surface area contributed by atoms with Crippen LogP contribution in [-0.4, -0.2) is 28.8 Å². The van der Waals surface area contributed by atoms with E-state index in [4.69, 9.17) is 0 Å². The molecule has 1 aromatic rings. The van der Waals surface area contributed by atoms with Gasteiger partial charge in [-0.25, -0.2) is 22.6 Å². The summed E-state index contributed by atoms with van der Waals surface area (Å²) in [5.74, 6) is -0.766. The Morgan fingerprint density at radius 3 is 2.80 bits per heavy atom. The first-order valence-electron chi connectivity index (χ1n) is 4.20. The summed E-state index contributed by atoms with van der Waals surface area (Å²) in [5.41, 5.74) is -0.194. The molecule has 0 saturated heterocycles. The maximum Gasteiger partial charge on any atom is 0.358 e. The number of alkyl halides is 3. The third kappa shape index (κ3) is 2.71. The first kappa shape index (κ1) is 11.5. The summed E-state index contributed by atoms with van der Waals surface area (Å²) in [7, 11) is 0. The van der Waals surface area contributed by atoms with Gasteiger partial charge in [0.25, 0.3) is 12.7 Å². The zero-order valence-electron chi connectivity index (χ0n) is 7.86. The molecule has 0 bridgehead atoms. The summed E-state index contributed by atoms with van der Waals surface area (Å²) in [4.78, 5) is 11.0. The van der Waals surface area contributed by atoms with E-state index in [1.54, 1.807) is 6.92 Å². The minimum absolute atomic E-state index is 0.138. The number of esters is 1. The number of nitrogens with zero attached hydrogens (tertiary/aromatic N) is 2. The molecule has 0 N–H and O–H groups in total. The minimum Gasteiger partial charge on any atom is -0.461 e. The van der Waals surface area contributed by atoms with Crippen molar-refractivity contribution < 1.29 is 22.7 Å². The molecule has 1 aromatic heterocycles. The van der Waals surface area contributed by atoms with Crippen LogP contribution in [0.1, 0.15) is 23.7 Å². The monoisotopic (exact) mass is 222 g/mol. The van der Waals surface area contributed by atoms with E-state index < -0.39 is 18.7 Å². The first-order valence-corrected chi connectivity index (χ1v) is 4.20. The second-order valence-electron chi connectivity index (χ2n) is 2.61. The largest absolute Gasteiger partial charge is 0.461 e. The number of halogens is 3. The van der Waals surface area contributed by atoms with E-state index >= 15 is 0 Å². The van der Waals surface area contributed by atoms with Gasteiger partial charge in [0.2, 0.25) is 0 Å². The van der Waals surface area contributed by atoms with E-state index in [1.807, 2.05) is 0 Å². The summed E-state index contributed by atoms with van der Waals surface area (Å²) in [6, 6.07) is 1.12. The average Bonchev–Trinajstić information content (AvgIpc) is 2.65. The fourth-order valence-corrected chi connectivity index (χ4v) is 0.905. The number of aromatic nitrogens is 2. The Morgan fingerprint density at radius 2 is 2.27 bits per heavy atom. The van der Waals surface area contributed by atoms with E-state index in [0.717, 1.165) is 12.3 Å². The Bertz CT molecular complexity index is 340. The van der Waals surface area contributed by atoms with Crippen molar-refractivity contribution in [1.82, 2.24) is 9.78 Å². The molecule has 84 valence electrons. The van der Waals surface area contributed by atoms with Crippen molar-refractivity contribution in [2.45, 2.75) is 19.6 Å². The number of rotatable bonds is 4. The van der Waals surface area contributed by atoms with Crippen LogP contribution >= 0.6 is 0 Å². The maximum atomic E-state index is 12.7. The number of hydrogen-bond donors (Lipinski definition) is 0. The Hall–Kier alpha value is -1.53. The van der Waals surface area contributed by atoms with Gasteiger partial charge in [-0.05, 0) is 13.0 Å². The van der Waals surface area contributed by atoms with Crippen LogP contribution in [0.2, 0.25) is 0 Å². The Balaban J connectivity index is 2.76. The Kier molecular flexibility index (Phi) is 3.70. The van der Waals surface area contributed by atoms with Gasteiger partial charge in [-0.3, -0.25) is 0 Å². The van der Waals surface area contributed by atoms with E-state index in [9.17, 15) is 18.0 Å². The van der Waals surface area contributed by atoms with E-state index in [1.165, 1.54) is 0 Å². The molecule has 0 aromatic carbocycles. The van der Waals surface area contributed by atoms with Gasteiger partial charge in [-0.2, -0.15) is 5.10 Å². The summed E-state index contributed by atoms with van der Waals surface area (Å²) >= 11 is 0. The summed E-state index contributed by atoms with van der Waals surface area (Å²) in [6.45, 7) is 1.73. The lowest BCUT2D eigenvalue weighted by molar-refractivity contribution is 0.000269. The Morgan fingerprint density at radius 1 is 1.60 bits per heavy atom. The van der Waals surface area contributed by atoms with Crippen molar-refractivity contribution in [3.63, 3.8) is 0 Å². The summed E-state index contributed by atoms with van der Waals surface area (Å²) in [5, 5.41) is 3.34. The SMILES string of the molecule is CCOC(=O)c1ccn(C(F)C(F)F)n1. The van der Waals surface area contributed by atoms with Gasteiger partial charge in [-0.1, -0.05) is 0 Å². The van der Waals surface area contributed by atoms with Crippen LogP contribution in [0.5, 0.6) is 0 Å². The van der Waals surface area contributed by atoms with Crippen LogP contribution in [0.4, 0.5) is 13.2 Å². The molecule has 1 atom stereocenters. The van der Waals surface area contributed by atoms with Crippen LogP contribution in [0.15, 0.2) is 12.3 Å². The van der Waals surface area contributed by atoms with E-state index in [2.05, 4.69) is 9.84 Å². The van der Waals surface area contributed by atoms with Crippen molar-refractivity contribution in [2.75, 3.05) is 6.61 Å². The number of carbonyl (C=O) groups excluding carboxylic acids is 1. The summed E-state index contributed by atoms with van der Waals surface area (Å²) < 4.78 is 41.5. The molecule has 1 unspecified atom stereocenters. The molecule has 1 heterocycles. The van der Waals surface area contributed by atoms with Crippen molar-refractivity contribution in [1.29, 1.82) is 0 Å². The van der Waals surface area contributed by atoms with Crippen molar-refractivity contribution in [3.8, 4) is 0 Å². The highest BCUT2D eigenvalue weighted by atomic mass is 19.3. The molecular weight excluding hydrogens is 213 g/mol. The zero-order chi connectivity index (χ0) is 11.4. The maximum absolute atomic E-state index is 12.7. The predicted molar refractivity (Wildman–Crippen MR) is 44.3 cm³/mol. The third-order valence-electron chi connectivity index (χ3n) is 1.55. The fraction of sp³-hybridized carbons (Fsp3) is 0.500. The second-order valence-corrected chi connectivity index (χ2v) is 2.61. The first-order chi connectivity index (χ1) is 7.06. The highest BCUT2D eigenvalue weighted by Gasteiger charge is 2.23. The smallest absolute Gasteiger partial charge is 0.358 e. The van der Waals surface area contributed by atoms with Crippen LogP contribution in [0.3, 0.4) is 0 Å². The quantitative estimate of drug-likeness (QED) is 0.729. The molecule has 7 heteroatoms. The van der Waals surface area contributed by atoms with Crippen molar-refractivity contribution in [3.05, 3.63) is 18.0 Å². The molecule has 15 heavy (non-hydrogen) atoms. The van der Waals surface area contributed by atoms with Gasteiger partial charge >= 0.3 is 5.97 Å². The van der Waals surface area contributed by atoms with E-state index in [-0.39, 0.29) is 12.3 Å². The average molecular weight is 222 g/mol. The molecule has 0 radical (unpaired) electrons. The minimum atomic E-state index is -3.18. The normalized spacial score (nSPS) is 12.9. The topological polar surface area (TPSA) is 44.1 Å². The lowest BCUT2D eigenvalue weighted by Crippen LogP contribution is -2.14. The van der Waals surface area contributed by atoms with Crippen molar-refractivity contribution >= 4 is 5.97 Å². The molecule has 1 rings (SSSR count). The van der Waals surface area contributed by atoms with Crippen LogP contribution in [0.25, 0.3) is 0 Å². The number of carbonyl (C=O) groups is 1. The zero-order valence-corrected chi connectivity index (χ0v) is 7.86. The standard InChI is InChI=1S/C8H9F3N2O2/c1-2-15-8(14)5-3-4-13(12-5)7(11)6(9)10/h3-4,6-7H,2H2,1H3. The molecule has 0 spiro atoms. The molecule has 4 nitrogen and oxygen atoms in total. The highest BCUT2D eigenvalue weighted by Crippen LogP contribution is 2.17. The molecule has 0 amide bonds. The lowest BCUT2D eigenvalue weighted by atomic mass is 10.4. The van der Waals surface area contributed by atoms with Crippen LogP contribution in [-0.2, 0) is 4.74 Å². The molecule has 0 aliphatic heterocycles. The number of hydrogen-bond acceptors (Lipinski definition) is 3.